The van der Waals surface area contributed by atoms with E-state index in [2.05, 4.69) is 15.5 Å². The Kier molecular flexibility index (Phi) is 6.61. The highest BCUT2D eigenvalue weighted by molar-refractivity contribution is 5.75. The quantitative estimate of drug-likeness (QED) is 0.724. The fourth-order valence-electron chi connectivity index (χ4n) is 2.70. The minimum absolute atomic E-state index is 0.210. The maximum atomic E-state index is 11.8. The van der Waals surface area contributed by atoms with Gasteiger partial charge in [0, 0.05) is 52.4 Å². The summed E-state index contributed by atoms with van der Waals surface area (Å²) in [6, 6.07) is 0. The van der Waals surface area contributed by atoms with Gasteiger partial charge in [-0.1, -0.05) is 0 Å². The van der Waals surface area contributed by atoms with Gasteiger partial charge in [-0.3, -0.25) is 4.79 Å². The van der Waals surface area contributed by atoms with Crippen LogP contribution in [0.25, 0.3) is 0 Å². The third-order valence-corrected chi connectivity index (χ3v) is 4.02. The number of nitrogens with zero attached hydrogens (tertiary/aromatic N) is 1. The van der Waals surface area contributed by atoms with Gasteiger partial charge in [0.05, 0.1) is 0 Å². The summed E-state index contributed by atoms with van der Waals surface area (Å²) < 4.78 is 5.32. The lowest BCUT2D eigenvalue weighted by Crippen LogP contribution is -2.44. The lowest BCUT2D eigenvalue weighted by Gasteiger charge is -2.27. The number of rotatable bonds is 6. The number of nitrogens with one attached hydrogen (secondary N) is 2. The van der Waals surface area contributed by atoms with E-state index in [1.807, 2.05) is 0 Å². The van der Waals surface area contributed by atoms with Crippen LogP contribution >= 0.6 is 0 Å². The van der Waals surface area contributed by atoms with E-state index in [1.165, 1.54) is 0 Å². The molecule has 0 atom stereocenters. The van der Waals surface area contributed by atoms with Gasteiger partial charge in [-0.2, -0.15) is 0 Å². The molecule has 0 radical (unpaired) electrons. The molecule has 0 unspecified atom stereocenters. The predicted octanol–water partition coefficient (Wildman–Crippen LogP) is 0.215. The van der Waals surface area contributed by atoms with Gasteiger partial charge in [0.25, 0.3) is 0 Å². The Morgan fingerprint density at radius 1 is 1.26 bits per heavy atom. The Morgan fingerprint density at radius 3 is 2.74 bits per heavy atom. The van der Waals surface area contributed by atoms with Gasteiger partial charge >= 0.3 is 0 Å². The van der Waals surface area contributed by atoms with E-state index in [0.717, 1.165) is 71.7 Å². The summed E-state index contributed by atoms with van der Waals surface area (Å²) in [4.78, 5) is 14.2. The zero-order valence-corrected chi connectivity index (χ0v) is 11.8. The average Bonchev–Trinajstić information content (AvgIpc) is 2.47. The molecule has 0 aliphatic carbocycles. The summed E-state index contributed by atoms with van der Waals surface area (Å²) >= 11 is 0. The van der Waals surface area contributed by atoms with E-state index in [1.54, 1.807) is 0 Å². The molecule has 0 spiro atoms. The van der Waals surface area contributed by atoms with Gasteiger partial charge in [0.15, 0.2) is 0 Å². The van der Waals surface area contributed by atoms with Crippen molar-refractivity contribution in [2.45, 2.75) is 25.7 Å². The minimum atomic E-state index is 0.210. The Hall–Kier alpha value is -0.650. The molecule has 0 aromatic heterocycles. The van der Waals surface area contributed by atoms with E-state index >= 15 is 0 Å². The topological polar surface area (TPSA) is 53.6 Å². The smallest absolute Gasteiger partial charge is 0.220 e. The highest BCUT2D eigenvalue weighted by Gasteiger charge is 2.15. The van der Waals surface area contributed by atoms with E-state index < -0.39 is 0 Å². The molecule has 0 aromatic rings. The fraction of sp³-hybridized carbons (Fsp3) is 0.929. The Labute approximate surface area is 116 Å². The summed E-state index contributed by atoms with van der Waals surface area (Å²) in [5.41, 5.74) is 0. The van der Waals surface area contributed by atoms with Crippen LogP contribution < -0.4 is 10.6 Å². The van der Waals surface area contributed by atoms with Crippen LogP contribution in [0.1, 0.15) is 25.7 Å². The second-order valence-corrected chi connectivity index (χ2v) is 5.56. The molecule has 0 saturated carbocycles. The summed E-state index contributed by atoms with van der Waals surface area (Å²) in [5, 5.41) is 6.40. The first-order valence-corrected chi connectivity index (χ1v) is 7.62. The minimum Gasteiger partial charge on any atom is -0.381 e. The van der Waals surface area contributed by atoms with Crippen LogP contribution in [-0.4, -0.2) is 63.3 Å². The highest BCUT2D eigenvalue weighted by atomic mass is 16.5. The van der Waals surface area contributed by atoms with Crippen LogP contribution in [0.4, 0.5) is 0 Å². The van der Waals surface area contributed by atoms with Crippen LogP contribution in [0.3, 0.4) is 0 Å². The molecule has 0 bridgehead atoms. The van der Waals surface area contributed by atoms with Crippen LogP contribution in [-0.2, 0) is 9.53 Å². The first-order valence-electron chi connectivity index (χ1n) is 7.62. The van der Waals surface area contributed by atoms with Crippen LogP contribution in [0.2, 0.25) is 0 Å². The Morgan fingerprint density at radius 2 is 2.00 bits per heavy atom. The number of hydrogen-bond donors (Lipinski definition) is 2. The third kappa shape index (κ3) is 5.89. The third-order valence-electron chi connectivity index (χ3n) is 4.02. The largest absolute Gasteiger partial charge is 0.381 e. The molecule has 19 heavy (non-hydrogen) atoms. The number of carbonyl (C=O) groups excluding carboxylic acids is 1. The van der Waals surface area contributed by atoms with Crippen molar-refractivity contribution in [3.8, 4) is 0 Å². The molecule has 5 nitrogen and oxygen atoms in total. The molecule has 2 aliphatic rings. The maximum Gasteiger partial charge on any atom is 0.220 e. The lowest BCUT2D eigenvalue weighted by atomic mass is 10.0. The highest BCUT2D eigenvalue weighted by Crippen LogP contribution is 2.13. The van der Waals surface area contributed by atoms with E-state index in [0.29, 0.717) is 12.3 Å². The first-order chi connectivity index (χ1) is 9.34. The average molecular weight is 269 g/mol. The summed E-state index contributed by atoms with van der Waals surface area (Å²) in [7, 11) is 0. The number of ether oxygens (including phenoxy) is 1. The van der Waals surface area contributed by atoms with E-state index in [4.69, 9.17) is 4.74 Å². The van der Waals surface area contributed by atoms with Crippen LogP contribution in [0.15, 0.2) is 0 Å². The molecule has 2 fully saturated rings. The molecule has 2 saturated heterocycles. The lowest BCUT2D eigenvalue weighted by molar-refractivity contribution is -0.121. The van der Waals surface area contributed by atoms with Crippen molar-refractivity contribution in [1.29, 1.82) is 0 Å². The van der Waals surface area contributed by atoms with Crippen molar-refractivity contribution in [2.75, 3.05) is 52.5 Å². The SMILES string of the molecule is O=C(CCCN1CCNCC1)NCC1CCOCC1. The van der Waals surface area contributed by atoms with E-state index in [9.17, 15) is 4.79 Å². The second-order valence-electron chi connectivity index (χ2n) is 5.56. The van der Waals surface area contributed by atoms with Gasteiger partial charge in [-0.25, -0.2) is 0 Å². The molecule has 2 aliphatic heterocycles. The van der Waals surface area contributed by atoms with Gasteiger partial charge < -0.3 is 20.3 Å². The molecule has 5 heteroatoms. The van der Waals surface area contributed by atoms with Gasteiger partial charge in [-0.15, -0.1) is 0 Å². The molecule has 0 aromatic carbocycles. The molecule has 2 N–H and O–H groups in total. The summed E-state index contributed by atoms with van der Waals surface area (Å²) in [5.74, 6) is 0.826. The number of amides is 1. The van der Waals surface area contributed by atoms with Crippen LogP contribution in [0, 0.1) is 5.92 Å². The maximum absolute atomic E-state index is 11.8. The van der Waals surface area contributed by atoms with Crippen molar-refractivity contribution in [1.82, 2.24) is 15.5 Å². The molecule has 110 valence electrons. The van der Waals surface area contributed by atoms with Gasteiger partial charge in [-0.05, 0) is 31.7 Å². The number of carbonyl (C=O) groups is 1. The van der Waals surface area contributed by atoms with Gasteiger partial charge in [0.1, 0.15) is 0 Å². The summed E-state index contributed by atoms with van der Waals surface area (Å²) in [6.45, 7) is 7.97. The number of hydrogen-bond acceptors (Lipinski definition) is 4. The zero-order chi connectivity index (χ0) is 13.3. The monoisotopic (exact) mass is 269 g/mol. The Balaban J connectivity index is 1.49. The molecular formula is C14H27N3O2. The van der Waals surface area contributed by atoms with Crippen molar-refractivity contribution >= 4 is 5.91 Å². The van der Waals surface area contributed by atoms with Crippen molar-refractivity contribution in [3.05, 3.63) is 0 Å². The predicted molar refractivity (Wildman–Crippen MR) is 75.1 cm³/mol. The normalized spacial score (nSPS) is 22.3. The fourth-order valence-corrected chi connectivity index (χ4v) is 2.70. The molecule has 2 heterocycles. The standard InChI is InChI=1S/C14H27N3O2/c18-14(16-12-13-3-10-19-11-4-13)2-1-7-17-8-5-15-6-9-17/h13,15H,1-12H2,(H,16,18). The van der Waals surface area contributed by atoms with Gasteiger partial charge in [0.2, 0.25) is 5.91 Å². The van der Waals surface area contributed by atoms with Crippen molar-refractivity contribution < 1.29 is 9.53 Å². The zero-order valence-electron chi connectivity index (χ0n) is 11.8. The van der Waals surface area contributed by atoms with Crippen molar-refractivity contribution in [3.63, 3.8) is 0 Å². The summed E-state index contributed by atoms with van der Waals surface area (Å²) in [6.07, 6.45) is 3.80. The van der Waals surface area contributed by atoms with E-state index in [-0.39, 0.29) is 5.91 Å². The van der Waals surface area contributed by atoms with Crippen molar-refractivity contribution in [2.24, 2.45) is 5.92 Å². The van der Waals surface area contributed by atoms with Crippen LogP contribution in [0.5, 0.6) is 0 Å². The number of piperazine rings is 1. The second kappa shape index (κ2) is 8.51. The Bertz CT molecular complexity index is 261. The molecule has 1 amide bonds. The molecule has 2 rings (SSSR count). The molecular weight excluding hydrogens is 242 g/mol. The first kappa shape index (κ1) is 14.8.